The fraction of sp³-hybridized carbons (Fsp3) is 0.294. The maximum atomic E-state index is 10.9. The Hall–Kier alpha value is -2.91. The normalized spacial score (nSPS) is 20.0. The molecule has 0 unspecified atom stereocenters. The molecule has 10 heteroatoms. The van der Waals surface area contributed by atoms with Gasteiger partial charge in [0.1, 0.15) is 17.2 Å². The molecule has 0 radical (unpaired) electrons. The summed E-state index contributed by atoms with van der Waals surface area (Å²) in [5.41, 5.74) is 1.43. The third-order valence-electron chi connectivity index (χ3n) is 4.55. The quantitative estimate of drug-likeness (QED) is 0.624. The van der Waals surface area contributed by atoms with E-state index in [9.17, 15) is 9.90 Å². The number of fused-ring (bicyclic) bond motifs is 1. The molecule has 1 aliphatic rings. The van der Waals surface area contributed by atoms with Gasteiger partial charge in [0.25, 0.3) is 0 Å². The molecule has 3 aromatic heterocycles. The van der Waals surface area contributed by atoms with Gasteiger partial charge in [-0.1, -0.05) is 11.6 Å². The van der Waals surface area contributed by atoms with E-state index in [-0.39, 0.29) is 0 Å². The van der Waals surface area contributed by atoms with Crippen LogP contribution >= 0.6 is 11.6 Å². The second kappa shape index (κ2) is 7.01. The molecule has 1 fully saturated rings. The number of piperidine rings is 1. The molecule has 0 spiro atoms. The SMILES string of the molecule is O=C(O)N[C@@H]1CN(c2ccnc(-c3cnc4ccc(Cl)cn34)n2)CC[C@H]1O. The highest BCUT2D eigenvalue weighted by Gasteiger charge is 2.29. The molecule has 0 bridgehead atoms. The minimum absolute atomic E-state index is 0.322. The van der Waals surface area contributed by atoms with Crippen LogP contribution in [0.15, 0.2) is 36.8 Å². The van der Waals surface area contributed by atoms with E-state index in [0.29, 0.717) is 41.9 Å². The van der Waals surface area contributed by atoms with Crippen molar-refractivity contribution in [3.8, 4) is 11.5 Å². The van der Waals surface area contributed by atoms with Gasteiger partial charge in [-0.2, -0.15) is 0 Å². The monoisotopic (exact) mass is 388 g/mol. The molecule has 2 atom stereocenters. The Morgan fingerprint density at radius 3 is 2.96 bits per heavy atom. The van der Waals surface area contributed by atoms with Crippen LogP contribution in [0.3, 0.4) is 0 Å². The molecule has 0 saturated carbocycles. The Balaban J connectivity index is 1.64. The van der Waals surface area contributed by atoms with Crippen molar-refractivity contribution in [3.63, 3.8) is 0 Å². The Morgan fingerprint density at radius 2 is 2.15 bits per heavy atom. The average molecular weight is 389 g/mol. The Labute approximate surface area is 159 Å². The first-order valence-electron chi connectivity index (χ1n) is 8.40. The molecule has 3 aromatic rings. The lowest BCUT2D eigenvalue weighted by atomic mass is 10.0. The Bertz CT molecular complexity index is 994. The summed E-state index contributed by atoms with van der Waals surface area (Å²) in [7, 11) is 0. The zero-order chi connectivity index (χ0) is 19.0. The summed E-state index contributed by atoms with van der Waals surface area (Å²) in [5, 5.41) is 21.9. The molecule has 0 aliphatic carbocycles. The van der Waals surface area contributed by atoms with E-state index in [0.717, 1.165) is 5.65 Å². The number of anilines is 1. The lowest BCUT2D eigenvalue weighted by Gasteiger charge is -2.36. The van der Waals surface area contributed by atoms with Gasteiger partial charge in [-0.25, -0.2) is 19.7 Å². The lowest BCUT2D eigenvalue weighted by Crippen LogP contribution is -2.55. The average Bonchev–Trinajstić information content (AvgIpc) is 3.06. The first-order chi connectivity index (χ1) is 13.0. The van der Waals surface area contributed by atoms with E-state index in [1.54, 1.807) is 30.7 Å². The van der Waals surface area contributed by atoms with Crippen molar-refractivity contribution >= 4 is 29.2 Å². The van der Waals surface area contributed by atoms with Crippen LogP contribution in [0.1, 0.15) is 6.42 Å². The van der Waals surface area contributed by atoms with Gasteiger partial charge in [-0.3, -0.25) is 4.40 Å². The molecule has 3 N–H and O–H groups in total. The highest BCUT2D eigenvalue weighted by atomic mass is 35.5. The van der Waals surface area contributed by atoms with Gasteiger partial charge < -0.3 is 20.4 Å². The molecule has 27 heavy (non-hydrogen) atoms. The van der Waals surface area contributed by atoms with Crippen LogP contribution in [0.4, 0.5) is 10.6 Å². The van der Waals surface area contributed by atoms with Gasteiger partial charge in [-0.15, -0.1) is 0 Å². The van der Waals surface area contributed by atoms with E-state index < -0.39 is 18.2 Å². The van der Waals surface area contributed by atoms with Crippen LogP contribution < -0.4 is 10.2 Å². The van der Waals surface area contributed by atoms with Crippen LogP contribution in [0.2, 0.25) is 5.02 Å². The smallest absolute Gasteiger partial charge is 0.405 e. The molecule has 1 amide bonds. The number of halogens is 1. The summed E-state index contributed by atoms with van der Waals surface area (Å²) in [6, 6.07) is 4.75. The molecule has 9 nitrogen and oxygen atoms in total. The minimum Gasteiger partial charge on any atom is -0.465 e. The third-order valence-corrected chi connectivity index (χ3v) is 4.77. The maximum Gasteiger partial charge on any atom is 0.405 e. The molecular weight excluding hydrogens is 372 g/mol. The molecule has 4 heterocycles. The fourth-order valence-corrected chi connectivity index (χ4v) is 3.38. The van der Waals surface area contributed by atoms with Crippen LogP contribution in [0.5, 0.6) is 0 Å². The second-order valence-corrected chi connectivity index (χ2v) is 6.75. The molecule has 4 rings (SSSR count). The van der Waals surface area contributed by atoms with Crippen LogP contribution in [0.25, 0.3) is 17.2 Å². The number of carboxylic acid groups (broad SMARTS) is 1. The van der Waals surface area contributed by atoms with E-state index >= 15 is 0 Å². The van der Waals surface area contributed by atoms with E-state index in [1.807, 2.05) is 15.4 Å². The second-order valence-electron chi connectivity index (χ2n) is 6.32. The number of hydrogen-bond acceptors (Lipinski definition) is 6. The molecule has 1 saturated heterocycles. The van der Waals surface area contributed by atoms with Gasteiger partial charge in [0.2, 0.25) is 0 Å². The van der Waals surface area contributed by atoms with Crippen molar-refractivity contribution in [1.82, 2.24) is 24.7 Å². The number of imidazole rings is 1. The van der Waals surface area contributed by atoms with Gasteiger partial charge in [0, 0.05) is 25.5 Å². The van der Waals surface area contributed by atoms with Crippen LogP contribution in [-0.2, 0) is 0 Å². The third kappa shape index (κ3) is 3.51. The first kappa shape index (κ1) is 17.5. The fourth-order valence-electron chi connectivity index (χ4n) is 3.22. The zero-order valence-electron chi connectivity index (χ0n) is 14.2. The van der Waals surface area contributed by atoms with Crippen LogP contribution in [0, 0.1) is 0 Å². The summed E-state index contributed by atoms with van der Waals surface area (Å²) in [5.74, 6) is 1.14. The minimum atomic E-state index is -1.16. The maximum absolute atomic E-state index is 10.9. The van der Waals surface area contributed by atoms with Gasteiger partial charge in [0.05, 0.1) is 23.4 Å². The number of rotatable bonds is 3. The van der Waals surface area contributed by atoms with Crippen LogP contribution in [-0.4, -0.2) is 60.9 Å². The summed E-state index contributed by atoms with van der Waals surface area (Å²) in [4.78, 5) is 26.1. The van der Waals surface area contributed by atoms with Crippen molar-refractivity contribution < 1.29 is 15.0 Å². The number of hydrogen-bond donors (Lipinski definition) is 3. The predicted molar refractivity (Wildman–Crippen MR) is 99.0 cm³/mol. The number of amides is 1. The molecule has 1 aliphatic heterocycles. The number of nitrogens with one attached hydrogen (secondary N) is 1. The van der Waals surface area contributed by atoms with Gasteiger partial charge >= 0.3 is 6.09 Å². The van der Waals surface area contributed by atoms with E-state index in [1.165, 1.54) is 0 Å². The van der Waals surface area contributed by atoms with Gasteiger partial charge in [0.15, 0.2) is 5.82 Å². The summed E-state index contributed by atoms with van der Waals surface area (Å²) >= 11 is 6.08. The number of carbonyl (C=O) groups is 1. The van der Waals surface area contributed by atoms with Crippen molar-refractivity contribution in [3.05, 3.63) is 41.8 Å². The van der Waals surface area contributed by atoms with Crippen molar-refractivity contribution in [1.29, 1.82) is 0 Å². The Kier molecular flexibility index (Phi) is 4.54. The predicted octanol–water partition coefficient (Wildman–Crippen LogP) is 1.65. The van der Waals surface area contributed by atoms with E-state index in [2.05, 4.69) is 20.3 Å². The summed E-state index contributed by atoms with van der Waals surface area (Å²) in [6.07, 6.45) is 3.63. The molecular formula is C17H17ClN6O3. The van der Waals surface area contributed by atoms with E-state index in [4.69, 9.17) is 16.7 Å². The van der Waals surface area contributed by atoms with Crippen molar-refractivity contribution in [2.24, 2.45) is 0 Å². The topological polar surface area (TPSA) is 116 Å². The standard InChI is InChI=1S/C17H17ClN6O3/c18-10-1-2-14-20-7-12(24(14)8-10)16-19-5-3-15(22-16)23-6-4-13(25)11(9-23)21-17(26)27/h1-3,5,7-8,11,13,21,25H,4,6,9H2,(H,26,27)/t11-,13-/m1/s1. The highest BCUT2D eigenvalue weighted by molar-refractivity contribution is 6.30. The van der Waals surface area contributed by atoms with Gasteiger partial charge in [-0.05, 0) is 24.6 Å². The number of aliphatic hydroxyl groups is 1. The molecule has 0 aromatic carbocycles. The number of nitrogens with zero attached hydrogens (tertiary/aromatic N) is 5. The number of aliphatic hydroxyl groups excluding tert-OH is 1. The van der Waals surface area contributed by atoms with Crippen molar-refractivity contribution in [2.45, 2.75) is 18.6 Å². The summed E-state index contributed by atoms with van der Waals surface area (Å²) < 4.78 is 1.82. The molecule has 140 valence electrons. The Morgan fingerprint density at radius 1 is 1.30 bits per heavy atom. The summed E-state index contributed by atoms with van der Waals surface area (Å²) in [6.45, 7) is 0.886. The number of pyridine rings is 1. The largest absolute Gasteiger partial charge is 0.465 e. The zero-order valence-corrected chi connectivity index (χ0v) is 14.9. The van der Waals surface area contributed by atoms with Crippen molar-refractivity contribution in [2.75, 3.05) is 18.0 Å². The number of aromatic nitrogens is 4. The highest BCUT2D eigenvalue weighted by Crippen LogP contribution is 2.23. The first-order valence-corrected chi connectivity index (χ1v) is 8.77. The lowest BCUT2D eigenvalue weighted by molar-refractivity contribution is 0.103.